The van der Waals surface area contributed by atoms with Gasteiger partial charge < -0.3 is 5.32 Å². The van der Waals surface area contributed by atoms with Crippen LogP contribution in [0.4, 0.5) is 5.82 Å². The minimum absolute atomic E-state index is 0.642. The Morgan fingerprint density at radius 3 is 2.80 bits per heavy atom. The molecule has 134 valence electrons. The van der Waals surface area contributed by atoms with Gasteiger partial charge in [0, 0.05) is 50.7 Å². The largest absolute Gasteiger partial charge is 0.373 e. The SMILES string of the molecule is CCN1CCC[C@H]1CN(Cc1ccccn1)Cc1cccnc1NC. The van der Waals surface area contributed by atoms with Crippen molar-refractivity contribution in [3.63, 3.8) is 0 Å². The highest BCUT2D eigenvalue weighted by Crippen LogP contribution is 2.21. The van der Waals surface area contributed by atoms with Crippen LogP contribution in [-0.2, 0) is 13.1 Å². The third kappa shape index (κ3) is 4.77. The molecule has 0 bridgehead atoms. The second-order valence-electron chi connectivity index (χ2n) is 6.68. The summed E-state index contributed by atoms with van der Waals surface area (Å²) < 4.78 is 0. The van der Waals surface area contributed by atoms with Gasteiger partial charge in [0.2, 0.25) is 0 Å². The van der Waals surface area contributed by atoms with Gasteiger partial charge in [-0.2, -0.15) is 0 Å². The van der Waals surface area contributed by atoms with Crippen LogP contribution in [0.2, 0.25) is 0 Å². The Morgan fingerprint density at radius 2 is 2.04 bits per heavy atom. The van der Waals surface area contributed by atoms with Crippen molar-refractivity contribution in [3.8, 4) is 0 Å². The molecule has 2 aromatic heterocycles. The molecule has 3 rings (SSSR count). The molecule has 1 N–H and O–H groups in total. The van der Waals surface area contributed by atoms with Crippen molar-refractivity contribution < 1.29 is 0 Å². The van der Waals surface area contributed by atoms with Gasteiger partial charge in [-0.15, -0.1) is 0 Å². The Bertz CT molecular complexity index is 646. The molecule has 0 saturated carbocycles. The highest BCUT2D eigenvalue weighted by Gasteiger charge is 2.25. The number of nitrogens with zero attached hydrogens (tertiary/aromatic N) is 4. The number of likely N-dealkylation sites (tertiary alicyclic amines) is 1. The normalized spacial score (nSPS) is 18.0. The molecule has 5 nitrogen and oxygen atoms in total. The lowest BCUT2D eigenvalue weighted by molar-refractivity contribution is 0.165. The first-order chi connectivity index (χ1) is 12.3. The fraction of sp³-hybridized carbons (Fsp3) is 0.500. The van der Waals surface area contributed by atoms with Crippen LogP contribution in [0.5, 0.6) is 0 Å². The van der Waals surface area contributed by atoms with Crippen molar-refractivity contribution in [1.82, 2.24) is 19.8 Å². The van der Waals surface area contributed by atoms with Crippen LogP contribution >= 0.6 is 0 Å². The molecule has 1 saturated heterocycles. The van der Waals surface area contributed by atoms with Crippen molar-refractivity contribution >= 4 is 5.82 Å². The lowest BCUT2D eigenvalue weighted by Gasteiger charge is -2.30. The number of rotatable bonds is 8. The number of hydrogen-bond acceptors (Lipinski definition) is 5. The molecule has 0 unspecified atom stereocenters. The number of anilines is 1. The maximum atomic E-state index is 4.53. The zero-order valence-corrected chi connectivity index (χ0v) is 15.4. The van der Waals surface area contributed by atoms with Gasteiger partial charge in [0.1, 0.15) is 5.82 Å². The van der Waals surface area contributed by atoms with Gasteiger partial charge in [0.15, 0.2) is 0 Å². The first-order valence-corrected chi connectivity index (χ1v) is 9.28. The van der Waals surface area contributed by atoms with Crippen LogP contribution in [0.3, 0.4) is 0 Å². The van der Waals surface area contributed by atoms with Gasteiger partial charge in [-0.1, -0.05) is 19.1 Å². The molecule has 25 heavy (non-hydrogen) atoms. The van der Waals surface area contributed by atoms with Crippen LogP contribution in [0.1, 0.15) is 31.0 Å². The number of aromatic nitrogens is 2. The molecular formula is C20H29N5. The third-order valence-corrected chi connectivity index (χ3v) is 5.01. The second-order valence-corrected chi connectivity index (χ2v) is 6.68. The third-order valence-electron chi connectivity index (χ3n) is 5.01. The average molecular weight is 339 g/mol. The number of likely N-dealkylation sites (N-methyl/N-ethyl adjacent to an activating group) is 1. The summed E-state index contributed by atoms with van der Waals surface area (Å²) >= 11 is 0. The van der Waals surface area contributed by atoms with E-state index in [4.69, 9.17) is 0 Å². The van der Waals surface area contributed by atoms with Gasteiger partial charge in [-0.25, -0.2) is 4.98 Å². The van der Waals surface area contributed by atoms with E-state index in [1.165, 1.54) is 24.9 Å². The van der Waals surface area contributed by atoms with Gasteiger partial charge in [-0.3, -0.25) is 14.8 Å². The van der Waals surface area contributed by atoms with Gasteiger partial charge in [0.25, 0.3) is 0 Å². The first-order valence-electron chi connectivity index (χ1n) is 9.28. The van der Waals surface area contributed by atoms with E-state index in [1.807, 2.05) is 31.6 Å². The average Bonchev–Trinajstić information content (AvgIpc) is 3.10. The summed E-state index contributed by atoms with van der Waals surface area (Å²) in [5.74, 6) is 0.965. The van der Waals surface area contributed by atoms with Crippen LogP contribution in [0, 0.1) is 0 Å². The Balaban J connectivity index is 1.76. The Hall–Kier alpha value is -1.98. The van der Waals surface area contributed by atoms with Crippen LogP contribution < -0.4 is 5.32 Å². The molecule has 1 aliphatic heterocycles. The van der Waals surface area contributed by atoms with E-state index in [0.717, 1.165) is 37.7 Å². The fourth-order valence-corrected chi connectivity index (χ4v) is 3.75. The van der Waals surface area contributed by atoms with Crippen molar-refractivity contribution in [3.05, 3.63) is 54.0 Å². The quantitative estimate of drug-likeness (QED) is 0.801. The molecule has 0 amide bonds. The molecule has 0 spiro atoms. The number of pyridine rings is 2. The summed E-state index contributed by atoms with van der Waals surface area (Å²) in [6.07, 6.45) is 6.32. The molecule has 0 radical (unpaired) electrons. The van der Waals surface area contributed by atoms with Gasteiger partial charge >= 0.3 is 0 Å². The molecular weight excluding hydrogens is 310 g/mol. The van der Waals surface area contributed by atoms with Crippen LogP contribution in [0.15, 0.2) is 42.7 Å². The van der Waals surface area contributed by atoms with Gasteiger partial charge in [0.05, 0.1) is 5.69 Å². The number of nitrogens with one attached hydrogen (secondary N) is 1. The molecule has 2 aromatic rings. The lowest BCUT2D eigenvalue weighted by atomic mass is 10.1. The van der Waals surface area contributed by atoms with E-state index in [2.05, 4.69) is 50.2 Å². The van der Waals surface area contributed by atoms with E-state index >= 15 is 0 Å². The van der Waals surface area contributed by atoms with E-state index in [9.17, 15) is 0 Å². The summed E-state index contributed by atoms with van der Waals surface area (Å²) in [6, 6.07) is 11.0. The van der Waals surface area contributed by atoms with E-state index in [1.54, 1.807) is 0 Å². The zero-order chi connectivity index (χ0) is 17.5. The fourth-order valence-electron chi connectivity index (χ4n) is 3.75. The van der Waals surface area contributed by atoms with Crippen LogP contribution in [-0.4, -0.2) is 52.5 Å². The molecule has 1 fully saturated rings. The molecule has 3 heterocycles. The van der Waals surface area contributed by atoms with Crippen molar-refractivity contribution in [2.75, 3.05) is 32.0 Å². The zero-order valence-electron chi connectivity index (χ0n) is 15.4. The van der Waals surface area contributed by atoms with E-state index < -0.39 is 0 Å². The molecule has 1 aliphatic rings. The van der Waals surface area contributed by atoms with Gasteiger partial charge in [-0.05, 0) is 44.1 Å². The summed E-state index contributed by atoms with van der Waals surface area (Å²) in [4.78, 5) is 14.1. The molecule has 1 atom stereocenters. The Kier molecular flexibility index (Phi) is 6.36. The van der Waals surface area contributed by atoms with Crippen molar-refractivity contribution in [2.45, 2.75) is 38.9 Å². The predicted octanol–water partition coefficient (Wildman–Crippen LogP) is 3.00. The molecule has 0 aromatic carbocycles. The number of hydrogen-bond donors (Lipinski definition) is 1. The highest BCUT2D eigenvalue weighted by atomic mass is 15.2. The molecule has 0 aliphatic carbocycles. The second kappa shape index (κ2) is 8.92. The summed E-state index contributed by atoms with van der Waals surface area (Å²) in [6.45, 7) is 7.45. The highest BCUT2D eigenvalue weighted by molar-refractivity contribution is 5.42. The summed E-state index contributed by atoms with van der Waals surface area (Å²) in [7, 11) is 1.94. The Labute approximate surface area is 151 Å². The van der Waals surface area contributed by atoms with Crippen molar-refractivity contribution in [1.29, 1.82) is 0 Å². The minimum atomic E-state index is 0.642. The standard InChI is InChI=1S/C20H29N5/c1-3-25-13-7-10-19(25)16-24(15-18-9-4-5-11-22-18)14-17-8-6-12-23-20(17)21-2/h4-6,8-9,11-12,19H,3,7,10,13-16H2,1-2H3,(H,21,23)/t19-/m0/s1. The Morgan fingerprint density at radius 1 is 1.16 bits per heavy atom. The monoisotopic (exact) mass is 339 g/mol. The topological polar surface area (TPSA) is 44.3 Å². The van der Waals surface area contributed by atoms with Crippen molar-refractivity contribution in [2.24, 2.45) is 0 Å². The van der Waals surface area contributed by atoms with Crippen LogP contribution in [0.25, 0.3) is 0 Å². The van der Waals surface area contributed by atoms with E-state index in [-0.39, 0.29) is 0 Å². The summed E-state index contributed by atoms with van der Waals surface area (Å²) in [5, 5.41) is 3.21. The minimum Gasteiger partial charge on any atom is -0.373 e. The summed E-state index contributed by atoms with van der Waals surface area (Å²) in [5.41, 5.74) is 2.36. The lowest BCUT2D eigenvalue weighted by Crippen LogP contribution is -2.40. The smallest absolute Gasteiger partial charge is 0.130 e. The van der Waals surface area contributed by atoms with E-state index in [0.29, 0.717) is 6.04 Å². The first kappa shape index (κ1) is 17.8. The molecule has 5 heteroatoms. The predicted molar refractivity (Wildman–Crippen MR) is 102 cm³/mol. The maximum absolute atomic E-state index is 4.53. The maximum Gasteiger partial charge on any atom is 0.130 e.